The summed E-state index contributed by atoms with van der Waals surface area (Å²) in [6, 6.07) is 10.9. The van der Waals surface area contributed by atoms with E-state index in [0.717, 1.165) is 11.3 Å². The largest absolute Gasteiger partial charge is 0.507 e. The van der Waals surface area contributed by atoms with Gasteiger partial charge >= 0.3 is 0 Å². The Morgan fingerprint density at radius 3 is 2.79 bits per heavy atom. The summed E-state index contributed by atoms with van der Waals surface area (Å²) in [5.74, 6) is 0.343. The third-order valence-electron chi connectivity index (χ3n) is 2.86. The molecular formula is C14H12N4O. The number of nitrogen functional groups attached to an aromatic ring is 1. The summed E-state index contributed by atoms with van der Waals surface area (Å²) in [7, 11) is 0. The van der Waals surface area contributed by atoms with Crippen LogP contribution in [-0.4, -0.2) is 20.1 Å². The first-order chi connectivity index (χ1) is 9.24. The predicted octanol–water partition coefficient (Wildman–Crippen LogP) is 2.43. The van der Waals surface area contributed by atoms with Crippen LogP contribution in [0.5, 0.6) is 5.75 Å². The van der Waals surface area contributed by atoms with E-state index in [1.165, 1.54) is 0 Å². The van der Waals surface area contributed by atoms with Crippen LogP contribution in [0.15, 0.2) is 48.8 Å². The van der Waals surface area contributed by atoms with Crippen LogP contribution in [0.25, 0.3) is 22.5 Å². The number of rotatable bonds is 2. The fourth-order valence-corrected chi connectivity index (χ4v) is 1.94. The van der Waals surface area contributed by atoms with E-state index in [1.807, 2.05) is 30.5 Å². The average molecular weight is 252 g/mol. The van der Waals surface area contributed by atoms with Crippen molar-refractivity contribution < 1.29 is 5.11 Å². The van der Waals surface area contributed by atoms with Gasteiger partial charge < -0.3 is 15.8 Å². The van der Waals surface area contributed by atoms with E-state index in [4.69, 9.17) is 5.73 Å². The highest BCUT2D eigenvalue weighted by molar-refractivity contribution is 5.74. The maximum absolute atomic E-state index is 9.97. The van der Waals surface area contributed by atoms with Gasteiger partial charge in [-0.25, -0.2) is 9.97 Å². The summed E-state index contributed by atoms with van der Waals surface area (Å²) < 4.78 is 0. The number of H-pyrrole nitrogens is 1. The monoisotopic (exact) mass is 252 g/mol. The van der Waals surface area contributed by atoms with Gasteiger partial charge in [0.1, 0.15) is 5.75 Å². The minimum absolute atomic E-state index is 0.161. The lowest BCUT2D eigenvalue weighted by molar-refractivity contribution is 0.477. The Morgan fingerprint density at radius 2 is 2.05 bits per heavy atom. The first-order valence-corrected chi connectivity index (χ1v) is 5.80. The van der Waals surface area contributed by atoms with Gasteiger partial charge in [-0.3, -0.25) is 0 Å². The molecule has 19 heavy (non-hydrogen) atoms. The van der Waals surface area contributed by atoms with Gasteiger partial charge in [-0.2, -0.15) is 0 Å². The molecule has 0 saturated carbocycles. The molecule has 0 saturated heterocycles. The molecule has 0 aliphatic heterocycles. The summed E-state index contributed by atoms with van der Waals surface area (Å²) in [6.07, 6.45) is 3.42. The van der Waals surface area contributed by atoms with Crippen molar-refractivity contribution in [2.24, 2.45) is 0 Å². The van der Waals surface area contributed by atoms with Gasteiger partial charge in [0.05, 0.1) is 5.69 Å². The number of aromatic nitrogens is 3. The van der Waals surface area contributed by atoms with Gasteiger partial charge in [0.15, 0.2) is 0 Å². The molecule has 0 amide bonds. The molecule has 0 spiro atoms. The SMILES string of the molecule is Nc1nccc(-c2cc(-c3ccc[nH]3)ccc2O)n1. The molecule has 1 aromatic carbocycles. The molecule has 0 bridgehead atoms. The molecule has 0 radical (unpaired) electrons. The molecule has 2 aromatic heterocycles. The average Bonchev–Trinajstić information content (AvgIpc) is 2.93. The van der Waals surface area contributed by atoms with Crippen molar-refractivity contribution in [3.05, 3.63) is 48.8 Å². The predicted molar refractivity (Wildman–Crippen MR) is 73.3 cm³/mol. The molecule has 5 nitrogen and oxygen atoms in total. The minimum Gasteiger partial charge on any atom is -0.507 e. The number of aromatic hydroxyl groups is 1. The minimum atomic E-state index is 0.161. The van der Waals surface area contributed by atoms with E-state index in [0.29, 0.717) is 11.3 Å². The standard InChI is InChI=1S/C14H12N4O/c15-14-17-7-5-12(18-14)10-8-9(3-4-13(10)19)11-2-1-6-16-11/h1-8,16,19H,(H2,15,17,18). The van der Waals surface area contributed by atoms with Gasteiger partial charge in [0.2, 0.25) is 5.95 Å². The molecule has 0 aliphatic carbocycles. The number of nitrogens with one attached hydrogen (secondary N) is 1. The van der Waals surface area contributed by atoms with Crippen molar-refractivity contribution in [3.8, 4) is 28.3 Å². The highest BCUT2D eigenvalue weighted by atomic mass is 16.3. The Morgan fingerprint density at radius 1 is 1.16 bits per heavy atom. The lowest BCUT2D eigenvalue weighted by atomic mass is 10.0. The smallest absolute Gasteiger partial charge is 0.220 e. The zero-order valence-electron chi connectivity index (χ0n) is 10.0. The molecule has 0 aliphatic rings. The Labute approximate surface area is 109 Å². The first kappa shape index (κ1) is 11.3. The van der Waals surface area contributed by atoms with Crippen LogP contribution in [0, 0.1) is 0 Å². The maximum atomic E-state index is 9.97. The number of nitrogens with two attached hydrogens (primary N) is 1. The fraction of sp³-hybridized carbons (Fsp3) is 0. The molecule has 2 heterocycles. The number of phenols is 1. The maximum Gasteiger partial charge on any atom is 0.220 e. The summed E-state index contributed by atoms with van der Waals surface area (Å²) in [5.41, 5.74) is 8.73. The number of benzene rings is 1. The van der Waals surface area contributed by atoms with Gasteiger partial charge in [0.25, 0.3) is 0 Å². The van der Waals surface area contributed by atoms with Gasteiger partial charge in [-0.1, -0.05) is 0 Å². The van der Waals surface area contributed by atoms with Crippen molar-refractivity contribution in [1.82, 2.24) is 15.0 Å². The van der Waals surface area contributed by atoms with Crippen LogP contribution in [0.3, 0.4) is 0 Å². The molecule has 0 atom stereocenters. The Balaban J connectivity index is 2.13. The van der Waals surface area contributed by atoms with Crippen LogP contribution >= 0.6 is 0 Å². The number of hydrogen-bond acceptors (Lipinski definition) is 4. The second kappa shape index (κ2) is 4.45. The lowest BCUT2D eigenvalue weighted by Gasteiger charge is -2.07. The van der Waals surface area contributed by atoms with Gasteiger partial charge in [-0.15, -0.1) is 0 Å². The second-order valence-electron chi connectivity index (χ2n) is 4.12. The van der Waals surface area contributed by atoms with E-state index >= 15 is 0 Å². The van der Waals surface area contributed by atoms with Crippen LogP contribution < -0.4 is 5.73 Å². The molecule has 5 heteroatoms. The fourth-order valence-electron chi connectivity index (χ4n) is 1.94. The Hall–Kier alpha value is -2.82. The molecular weight excluding hydrogens is 240 g/mol. The van der Waals surface area contributed by atoms with E-state index in [1.54, 1.807) is 18.3 Å². The van der Waals surface area contributed by atoms with E-state index < -0.39 is 0 Å². The zero-order chi connectivity index (χ0) is 13.2. The quantitative estimate of drug-likeness (QED) is 0.653. The molecule has 0 unspecified atom stereocenters. The topological polar surface area (TPSA) is 87.8 Å². The molecule has 94 valence electrons. The van der Waals surface area contributed by atoms with Crippen molar-refractivity contribution in [1.29, 1.82) is 0 Å². The third-order valence-corrected chi connectivity index (χ3v) is 2.86. The number of anilines is 1. The van der Waals surface area contributed by atoms with Gasteiger partial charge in [0, 0.05) is 23.7 Å². The Bertz CT molecular complexity index is 707. The zero-order valence-corrected chi connectivity index (χ0v) is 10.0. The normalized spacial score (nSPS) is 10.5. The van der Waals surface area contributed by atoms with Crippen LogP contribution in [0.2, 0.25) is 0 Å². The van der Waals surface area contributed by atoms with E-state index in [9.17, 15) is 5.11 Å². The van der Waals surface area contributed by atoms with Crippen molar-refractivity contribution in [2.75, 3.05) is 5.73 Å². The summed E-state index contributed by atoms with van der Waals surface area (Å²) in [6.45, 7) is 0. The van der Waals surface area contributed by atoms with Crippen LogP contribution in [0.4, 0.5) is 5.95 Å². The number of nitrogens with zero attached hydrogens (tertiary/aromatic N) is 2. The number of hydrogen-bond donors (Lipinski definition) is 3. The summed E-state index contributed by atoms with van der Waals surface area (Å²) in [4.78, 5) is 11.1. The Kier molecular flexibility index (Phi) is 2.64. The van der Waals surface area contributed by atoms with E-state index in [-0.39, 0.29) is 11.7 Å². The van der Waals surface area contributed by atoms with E-state index in [2.05, 4.69) is 15.0 Å². The van der Waals surface area contributed by atoms with Crippen molar-refractivity contribution >= 4 is 5.95 Å². The van der Waals surface area contributed by atoms with Gasteiger partial charge in [-0.05, 0) is 42.0 Å². The summed E-state index contributed by atoms with van der Waals surface area (Å²) in [5, 5.41) is 9.97. The lowest BCUT2D eigenvalue weighted by Crippen LogP contribution is -1.95. The molecule has 4 N–H and O–H groups in total. The van der Waals surface area contributed by atoms with Crippen LogP contribution in [-0.2, 0) is 0 Å². The summed E-state index contributed by atoms with van der Waals surface area (Å²) >= 11 is 0. The van der Waals surface area contributed by atoms with Crippen molar-refractivity contribution in [2.45, 2.75) is 0 Å². The molecule has 3 aromatic rings. The molecule has 0 fully saturated rings. The first-order valence-electron chi connectivity index (χ1n) is 5.80. The molecule has 3 rings (SSSR count). The van der Waals surface area contributed by atoms with Crippen LogP contribution in [0.1, 0.15) is 0 Å². The third kappa shape index (κ3) is 2.13. The number of phenolic OH excluding ortho intramolecular Hbond substituents is 1. The van der Waals surface area contributed by atoms with Crippen molar-refractivity contribution in [3.63, 3.8) is 0 Å². The highest BCUT2D eigenvalue weighted by Crippen LogP contribution is 2.32. The second-order valence-corrected chi connectivity index (χ2v) is 4.12. The number of aromatic amines is 1. The highest BCUT2D eigenvalue weighted by Gasteiger charge is 2.09.